The summed E-state index contributed by atoms with van der Waals surface area (Å²) < 4.78 is 1.93. The third-order valence-corrected chi connectivity index (χ3v) is 2.77. The van der Waals surface area contributed by atoms with E-state index < -0.39 is 0 Å². The van der Waals surface area contributed by atoms with E-state index >= 15 is 0 Å². The molecule has 5 nitrogen and oxygen atoms in total. The van der Waals surface area contributed by atoms with Crippen molar-refractivity contribution in [2.75, 3.05) is 25.4 Å². The molecule has 0 bridgehead atoms. The molecule has 0 spiro atoms. The van der Waals surface area contributed by atoms with Crippen molar-refractivity contribution in [2.45, 2.75) is 13.5 Å². The summed E-state index contributed by atoms with van der Waals surface area (Å²) in [5, 5.41) is 8.94. The first-order valence-electron chi connectivity index (χ1n) is 5.79. The number of anilines is 1. The van der Waals surface area contributed by atoms with E-state index in [0.717, 1.165) is 30.1 Å². The molecule has 2 aromatic heterocycles. The molecule has 0 fully saturated rings. The fraction of sp³-hybridized carbons (Fsp3) is 0.417. The van der Waals surface area contributed by atoms with Crippen LogP contribution >= 0.6 is 0 Å². The van der Waals surface area contributed by atoms with Crippen LogP contribution in [0.1, 0.15) is 12.6 Å². The number of nitrogens with zero attached hydrogens (tertiary/aromatic N) is 3. The lowest BCUT2D eigenvalue weighted by atomic mass is 10.4. The number of aliphatic hydroxyl groups excluding tert-OH is 1. The Labute approximate surface area is 100 Å². The van der Waals surface area contributed by atoms with Crippen molar-refractivity contribution in [1.29, 1.82) is 0 Å². The molecule has 0 radical (unpaired) electrons. The van der Waals surface area contributed by atoms with E-state index in [-0.39, 0.29) is 6.61 Å². The highest BCUT2D eigenvalue weighted by Crippen LogP contribution is 2.10. The van der Waals surface area contributed by atoms with Crippen LogP contribution in [-0.4, -0.2) is 39.1 Å². The second-order valence-corrected chi connectivity index (χ2v) is 4.05. The van der Waals surface area contributed by atoms with Crippen LogP contribution in [0.5, 0.6) is 0 Å². The molecule has 2 heterocycles. The Balaban J connectivity index is 2.18. The molecule has 3 N–H and O–H groups in total. The number of imidazole rings is 1. The quantitative estimate of drug-likeness (QED) is 0.800. The highest BCUT2D eigenvalue weighted by Gasteiger charge is 2.06. The molecule has 0 aliphatic heterocycles. The van der Waals surface area contributed by atoms with E-state index in [1.165, 1.54) is 0 Å². The number of hydrogen-bond acceptors (Lipinski definition) is 4. The number of likely N-dealkylation sites (N-methyl/N-ethyl adjacent to an activating group) is 1. The summed E-state index contributed by atoms with van der Waals surface area (Å²) in [6.45, 7) is 4.57. The lowest BCUT2D eigenvalue weighted by Gasteiger charge is -2.17. The summed E-state index contributed by atoms with van der Waals surface area (Å²) in [7, 11) is 0. The van der Waals surface area contributed by atoms with Crippen LogP contribution in [0, 0.1) is 0 Å². The van der Waals surface area contributed by atoms with Gasteiger partial charge in [0, 0.05) is 31.2 Å². The first-order chi connectivity index (χ1) is 8.22. The van der Waals surface area contributed by atoms with Crippen LogP contribution in [0.15, 0.2) is 24.5 Å². The smallest absolute Gasteiger partial charge is 0.137 e. The van der Waals surface area contributed by atoms with Crippen molar-refractivity contribution in [3.05, 3.63) is 30.2 Å². The van der Waals surface area contributed by atoms with Gasteiger partial charge in [-0.25, -0.2) is 4.98 Å². The van der Waals surface area contributed by atoms with Gasteiger partial charge in [0.15, 0.2) is 0 Å². The predicted molar refractivity (Wildman–Crippen MR) is 67.6 cm³/mol. The molecule has 92 valence electrons. The standard InChI is InChI=1S/C12H18N4O/c1-2-15(5-6-17)8-11-9-16-7-10(13)3-4-12(16)14-11/h3-4,7,9,17H,2,5-6,8,13H2,1H3. The molecule has 0 saturated heterocycles. The lowest BCUT2D eigenvalue weighted by Crippen LogP contribution is -2.26. The monoisotopic (exact) mass is 234 g/mol. The van der Waals surface area contributed by atoms with Gasteiger partial charge in [0.1, 0.15) is 5.65 Å². The van der Waals surface area contributed by atoms with Gasteiger partial charge in [0.2, 0.25) is 0 Å². The van der Waals surface area contributed by atoms with Crippen LogP contribution < -0.4 is 5.73 Å². The molecule has 0 aliphatic carbocycles. The van der Waals surface area contributed by atoms with E-state index in [0.29, 0.717) is 6.54 Å². The Kier molecular flexibility index (Phi) is 3.61. The number of aliphatic hydroxyl groups is 1. The summed E-state index contributed by atoms with van der Waals surface area (Å²) in [6, 6.07) is 3.75. The van der Waals surface area contributed by atoms with Gasteiger partial charge >= 0.3 is 0 Å². The highest BCUT2D eigenvalue weighted by molar-refractivity contribution is 5.48. The summed E-state index contributed by atoms with van der Waals surface area (Å²) in [6.07, 6.45) is 3.83. The maximum absolute atomic E-state index is 8.94. The first kappa shape index (κ1) is 11.9. The van der Waals surface area contributed by atoms with Crippen molar-refractivity contribution >= 4 is 11.3 Å². The van der Waals surface area contributed by atoms with Crippen molar-refractivity contribution in [3.8, 4) is 0 Å². The second-order valence-electron chi connectivity index (χ2n) is 4.05. The van der Waals surface area contributed by atoms with Crippen molar-refractivity contribution in [1.82, 2.24) is 14.3 Å². The first-order valence-corrected chi connectivity index (χ1v) is 5.79. The van der Waals surface area contributed by atoms with Crippen LogP contribution in [0.3, 0.4) is 0 Å². The van der Waals surface area contributed by atoms with Crippen LogP contribution in [0.4, 0.5) is 5.69 Å². The Hall–Kier alpha value is -1.59. The molecular weight excluding hydrogens is 216 g/mol. The summed E-state index contributed by atoms with van der Waals surface area (Å²) in [5.74, 6) is 0. The van der Waals surface area contributed by atoms with E-state index in [4.69, 9.17) is 10.8 Å². The molecule has 17 heavy (non-hydrogen) atoms. The fourth-order valence-corrected chi connectivity index (χ4v) is 1.86. The normalized spacial score (nSPS) is 11.5. The zero-order chi connectivity index (χ0) is 12.3. The van der Waals surface area contributed by atoms with Gasteiger partial charge in [-0.05, 0) is 18.7 Å². The van der Waals surface area contributed by atoms with Gasteiger partial charge in [0.05, 0.1) is 12.3 Å². The van der Waals surface area contributed by atoms with Crippen molar-refractivity contribution in [3.63, 3.8) is 0 Å². The van der Waals surface area contributed by atoms with Crippen molar-refractivity contribution in [2.24, 2.45) is 0 Å². The summed E-state index contributed by atoms with van der Waals surface area (Å²) >= 11 is 0. The maximum atomic E-state index is 8.94. The minimum atomic E-state index is 0.175. The van der Waals surface area contributed by atoms with Crippen LogP contribution in [-0.2, 0) is 6.54 Å². The summed E-state index contributed by atoms with van der Waals surface area (Å²) in [4.78, 5) is 6.65. The SMILES string of the molecule is CCN(CCO)Cc1cn2cc(N)ccc2n1. The molecule has 0 amide bonds. The number of nitrogens with two attached hydrogens (primary N) is 1. The number of pyridine rings is 1. The molecule has 0 unspecified atom stereocenters. The highest BCUT2D eigenvalue weighted by atomic mass is 16.3. The molecule has 2 aromatic rings. The topological polar surface area (TPSA) is 66.8 Å². The van der Waals surface area contributed by atoms with Crippen LogP contribution in [0.25, 0.3) is 5.65 Å². The molecule has 0 aliphatic rings. The van der Waals surface area contributed by atoms with Gasteiger partial charge in [-0.2, -0.15) is 0 Å². The van der Waals surface area contributed by atoms with Gasteiger partial charge < -0.3 is 15.2 Å². The lowest BCUT2D eigenvalue weighted by molar-refractivity contribution is 0.195. The molecule has 0 saturated carbocycles. The van der Waals surface area contributed by atoms with Gasteiger partial charge in [-0.1, -0.05) is 6.92 Å². The minimum absolute atomic E-state index is 0.175. The number of nitrogen functional groups attached to an aromatic ring is 1. The maximum Gasteiger partial charge on any atom is 0.137 e. The van der Waals surface area contributed by atoms with Gasteiger partial charge in [0.25, 0.3) is 0 Å². The average molecular weight is 234 g/mol. The van der Waals surface area contributed by atoms with E-state index in [9.17, 15) is 0 Å². The van der Waals surface area contributed by atoms with Crippen LogP contribution in [0.2, 0.25) is 0 Å². The molecular formula is C12H18N4O. The van der Waals surface area contributed by atoms with E-state index in [1.54, 1.807) is 0 Å². The number of rotatable bonds is 5. The second kappa shape index (κ2) is 5.16. The predicted octanol–water partition coefficient (Wildman–Crippen LogP) is 0.731. The summed E-state index contributed by atoms with van der Waals surface area (Å²) in [5.41, 5.74) is 8.33. The van der Waals surface area contributed by atoms with E-state index in [2.05, 4.69) is 16.8 Å². The Morgan fingerprint density at radius 3 is 2.94 bits per heavy atom. The van der Waals surface area contributed by atoms with Gasteiger partial charge in [-0.15, -0.1) is 0 Å². The largest absolute Gasteiger partial charge is 0.398 e. The molecule has 5 heteroatoms. The zero-order valence-electron chi connectivity index (χ0n) is 10.0. The molecule has 2 rings (SSSR count). The molecule has 0 aromatic carbocycles. The average Bonchev–Trinajstić information content (AvgIpc) is 2.69. The minimum Gasteiger partial charge on any atom is -0.398 e. The Bertz CT molecular complexity index is 494. The third-order valence-electron chi connectivity index (χ3n) is 2.77. The van der Waals surface area contributed by atoms with Crippen molar-refractivity contribution < 1.29 is 5.11 Å². The molecule has 0 atom stereocenters. The Morgan fingerprint density at radius 1 is 1.41 bits per heavy atom. The van der Waals surface area contributed by atoms with Gasteiger partial charge in [-0.3, -0.25) is 4.90 Å². The number of aromatic nitrogens is 2. The Morgan fingerprint density at radius 2 is 2.24 bits per heavy atom. The fourth-order valence-electron chi connectivity index (χ4n) is 1.86. The van der Waals surface area contributed by atoms with E-state index in [1.807, 2.05) is 28.9 Å². The third kappa shape index (κ3) is 2.75. The number of fused-ring (bicyclic) bond motifs is 1. The zero-order valence-corrected chi connectivity index (χ0v) is 10.0. The number of hydrogen-bond donors (Lipinski definition) is 2.